The standard InChI is InChI=1S/C23H29N7O.HI/c1-3-24-23(26-18-19-9-11-25-22(17-19)30-12-6-10-27-30)29-15-13-28(14-16-29)20-7-4-5-8-21(20)31-2;/h4-12,17H,3,13-16,18H2,1-2H3,(H,24,26);1H. The van der Waals surface area contributed by atoms with E-state index >= 15 is 0 Å². The van der Waals surface area contributed by atoms with Crippen molar-refractivity contribution in [2.75, 3.05) is 44.7 Å². The van der Waals surface area contributed by atoms with Crippen LogP contribution >= 0.6 is 24.0 Å². The van der Waals surface area contributed by atoms with Crippen LogP contribution in [0.3, 0.4) is 0 Å². The smallest absolute Gasteiger partial charge is 0.194 e. The predicted molar refractivity (Wildman–Crippen MR) is 138 cm³/mol. The molecule has 0 aliphatic carbocycles. The molecule has 8 nitrogen and oxygen atoms in total. The maximum absolute atomic E-state index is 5.53. The first kappa shape index (κ1) is 23.8. The normalized spacial score (nSPS) is 14.1. The number of pyridine rings is 1. The molecule has 3 heterocycles. The van der Waals surface area contributed by atoms with Crippen molar-refractivity contribution in [1.82, 2.24) is 25.0 Å². The summed E-state index contributed by atoms with van der Waals surface area (Å²) in [4.78, 5) is 14.0. The fourth-order valence-electron chi connectivity index (χ4n) is 3.73. The summed E-state index contributed by atoms with van der Waals surface area (Å²) < 4.78 is 7.29. The third-order valence-electron chi connectivity index (χ3n) is 5.30. The molecule has 4 rings (SSSR count). The van der Waals surface area contributed by atoms with Crippen LogP contribution < -0.4 is 15.0 Å². The van der Waals surface area contributed by atoms with Crippen LogP contribution in [0.2, 0.25) is 0 Å². The van der Waals surface area contributed by atoms with Crippen molar-refractivity contribution in [3.63, 3.8) is 0 Å². The van der Waals surface area contributed by atoms with Gasteiger partial charge in [-0.15, -0.1) is 24.0 Å². The maximum Gasteiger partial charge on any atom is 0.194 e. The highest BCUT2D eigenvalue weighted by atomic mass is 127. The Morgan fingerprint density at radius 1 is 1.09 bits per heavy atom. The Balaban J connectivity index is 0.00000289. The number of hydrogen-bond acceptors (Lipinski definition) is 5. The zero-order valence-corrected chi connectivity index (χ0v) is 20.8. The van der Waals surface area contributed by atoms with Crippen LogP contribution in [0.15, 0.2) is 66.0 Å². The van der Waals surface area contributed by atoms with Crippen LogP contribution in [0.25, 0.3) is 5.82 Å². The monoisotopic (exact) mass is 547 g/mol. The number of aromatic nitrogens is 3. The first-order valence-corrected chi connectivity index (χ1v) is 10.6. The molecule has 1 aromatic carbocycles. The van der Waals surface area contributed by atoms with E-state index in [0.717, 1.165) is 61.5 Å². The predicted octanol–water partition coefficient (Wildman–Crippen LogP) is 3.18. The summed E-state index contributed by atoms with van der Waals surface area (Å²) in [7, 11) is 1.72. The number of nitrogens with zero attached hydrogens (tertiary/aromatic N) is 6. The second kappa shape index (κ2) is 11.7. The van der Waals surface area contributed by atoms with Crippen LogP contribution in [0.1, 0.15) is 12.5 Å². The molecule has 3 aromatic rings. The van der Waals surface area contributed by atoms with Gasteiger partial charge in [-0.2, -0.15) is 5.10 Å². The number of rotatable bonds is 6. The number of methoxy groups -OCH3 is 1. The second-order valence-electron chi connectivity index (χ2n) is 7.29. The second-order valence-corrected chi connectivity index (χ2v) is 7.29. The van der Waals surface area contributed by atoms with Gasteiger partial charge in [-0.25, -0.2) is 14.7 Å². The minimum atomic E-state index is 0. The summed E-state index contributed by atoms with van der Waals surface area (Å²) in [5.41, 5.74) is 2.25. The first-order chi connectivity index (χ1) is 15.3. The number of halogens is 1. The van der Waals surface area contributed by atoms with Crippen LogP contribution in [0.4, 0.5) is 5.69 Å². The number of hydrogen-bond donors (Lipinski definition) is 1. The van der Waals surface area contributed by atoms with Crippen LogP contribution in [0, 0.1) is 0 Å². The molecule has 32 heavy (non-hydrogen) atoms. The largest absolute Gasteiger partial charge is 0.495 e. The fraction of sp³-hybridized carbons (Fsp3) is 0.348. The summed E-state index contributed by atoms with van der Waals surface area (Å²) in [6.45, 7) is 7.17. The van der Waals surface area contributed by atoms with E-state index in [1.165, 1.54) is 0 Å². The van der Waals surface area contributed by atoms with Crippen molar-refractivity contribution in [2.24, 2.45) is 4.99 Å². The van der Waals surface area contributed by atoms with Gasteiger partial charge in [-0.1, -0.05) is 12.1 Å². The number of aliphatic imine (C=N–C) groups is 1. The molecule has 2 aromatic heterocycles. The molecule has 1 aliphatic heterocycles. The average molecular weight is 547 g/mol. The topological polar surface area (TPSA) is 70.8 Å². The Morgan fingerprint density at radius 3 is 2.62 bits per heavy atom. The average Bonchev–Trinajstić information content (AvgIpc) is 3.37. The van der Waals surface area contributed by atoms with E-state index in [2.05, 4.69) is 44.3 Å². The molecule has 1 aliphatic rings. The van der Waals surface area contributed by atoms with Gasteiger partial charge in [0, 0.05) is 51.3 Å². The Morgan fingerprint density at radius 2 is 1.91 bits per heavy atom. The Hall–Kier alpha value is -2.82. The van der Waals surface area contributed by atoms with Gasteiger partial charge in [0.05, 0.1) is 19.3 Å². The van der Waals surface area contributed by atoms with E-state index in [-0.39, 0.29) is 24.0 Å². The molecule has 1 fully saturated rings. The lowest BCUT2D eigenvalue weighted by molar-refractivity contribution is 0.367. The van der Waals surface area contributed by atoms with Gasteiger partial charge >= 0.3 is 0 Å². The van der Waals surface area contributed by atoms with E-state index in [4.69, 9.17) is 9.73 Å². The lowest BCUT2D eigenvalue weighted by Gasteiger charge is -2.38. The molecule has 0 unspecified atom stereocenters. The van der Waals surface area contributed by atoms with E-state index in [1.54, 1.807) is 24.2 Å². The first-order valence-electron chi connectivity index (χ1n) is 10.6. The number of ether oxygens (including phenoxy) is 1. The van der Waals surface area contributed by atoms with Gasteiger partial charge in [-0.3, -0.25) is 0 Å². The van der Waals surface area contributed by atoms with Crippen molar-refractivity contribution >= 4 is 35.6 Å². The quantitative estimate of drug-likeness (QED) is 0.291. The molecular weight excluding hydrogens is 517 g/mol. The van der Waals surface area contributed by atoms with E-state index in [9.17, 15) is 0 Å². The number of guanidine groups is 1. The zero-order chi connectivity index (χ0) is 21.5. The van der Waals surface area contributed by atoms with Crippen molar-refractivity contribution in [3.05, 3.63) is 66.6 Å². The maximum atomic E-state index is 5.53. The lowest BCUT2D eigenvalue weighted by Crippen LogP contribution is -2.52. The van der Waals surface area contributed by atoms with Crippen LogP contribution in [-0.2, 0) is 6.54 Å². The molecule has 0 saturated carbocycles. The molecule has 0 radical (unpaired) electrons. The molecule has 1 saturated heterocycles. The summed E-state index contributed by atoms with van der Waals surface area (Å²) in [6, 6.07) is 14.1. The van der Waals surface area contributed by atoms with Crippen molar-refractivity contribution in [1.29, 1.82) is 0 Å². The Kier molecular flexibility index (Phi) is 8.72. The van der Waals surface area contributed by atoms with Gasteiger partial charge in [0.1, 0.15) is 5.75 Å². The van der Waals surface area contributed by atoms with Gasteiger partial charge in [0.2, 0.25) is 0 Å². The van der Waals surface area contributed by atoms with E-state index in [0.29, 0.717) is 6.54 Å². The van der Waals surface area contributed by atoms with Crippen LogP contribution in [0.5, 0.6) is 5.75 Å². The molecule has 0 spiro atoms. The van der Waals surface area contributed by atoms with Crippen molar-refractivity contribution in [2.45, 2.75) is 13.5 Å². The highest BCUT2D eigenvalue weighted by Gasteiger charge is 2.21. The highest BCUT2D eigenvalue weighted by molar-refractivity contribution is 14.0. The number of nitrogens with one attached hydrogen (secondary N) is 1. The van der Waals surface area contributed by atoms with Crippen molar-refractivity contribution in [3.8, 4) is 11.6 Å². The summed E-state index contributed by atoms with van der Waals surface area (Å²) in [5, 5.41) is 7.70. The number of para-hydroxylation sites is 2. The summed E-state index contributed by atoms with van der Waals surface area (Å²) >= 11 is 0. The molecule has 1 N–H and O–H groups in total. The summed E-state index contributed by atoms with van der Waals surface area (Å²) in [6.07, 6.45) is 5.45. The van der Waals surface area contributed by atoms with E-state index < -0.39 is 0 Å². The van der Waals surface area contributed by atoms with Gasteiger partial charge < -0.3 is 19.9 Å². The minimum Gasteiger partial charge on any atom is -0.495 e. The van der Waals surface area contributed by atoms with Gasteiger partial charge in [0.25, 0.3) is 0 Å². The Bertz CT molecular complexity index is 1000. The highest BCUT2D eigenvalue weighted by Crippen LogP contribution is 2.28. The molecule has 9 heteroatoms. The van der Waals surface area contributed by atoms with Crippen LogP contribution in [-0.4, -0.2) is 65.5 Å². The molecule has 0 bridgehead atoms. The van der Waals surface area contributed by atoms with Gasteiger partial charge in [0.15, 0.2) is 11.8 Å². The molecular formula is C23H30IN7O. The third kappa shape index (κ3) is 5.70. The van der Waals surface area contributed by atoms with Gasteiger partial charge in [-0.05, 0) is 42.8 Å². The summed E-state index contributed by atoms with van der Waals surface area (Å²) in [5.74, 6) is 2.66. The number of anilines is 1. The Labute approximate surface area is 206 Å². The van der Waals surface area contributed by atoms with E-state index in [1.807, 2.05) is 36.5 Å². The van der Waals surface area contributed by atoms with Crippen molar-refractivity contribution < 1.29 is 4.74 Å². The number of benzene rings is 1. The molecule has 0 amide bonds. The minimum absolute atomic E-state index is 0. The number of piperazine rings is 1. The lowest BCUT2D eigenvalue weighted by atomic mass is 10.2. The SMILES string of the molecule is CCNC(=NCc1ccnc(-n2cccn2)c1)N1CCN(c2ccccc2OC)CC1.I. The third-order valence-corrected chi connectivity index (χ3v) is 5.30. The fourth-order valence-corrected chi connectivity index (χ4v) is 3.73. The molecule has 170 valence electrons. The zero-order valence-electron chi connectivity index (χ0n) is 18.5. The molecule has 0 atom stereocenters.